The highest BCUT2D eigenvalue weighted by Gasteiger charge is 2.18. The summed E-state index contributed by atoms with van der Waals surface area (Å²) in [4.78, 5) is 0.255. The standard InChI is InChI=1S/C14H18N2O3S/c1-19-13-7-8-14(12-6-3-2-5-11(12)13)20(17,18)16-10-4-9-15/h2-3,5-8,16H,4,9-10,15H2,1H3. The minimum absolute atomic E-state index is 0.255. The Bertz CT molecular complexity index is 699. The summed E-state index contributed by atoms with van der Waals surface area (Å²) in [6.45, 7) is 0.783. The zero-order valence-corrected chi connectivity index (χ0v) is 12.1. The largest absolute Gasteiger partial charge is 0.496 e. The summed E-state index contributed by atoms with van der Waals surface area (Å²) in [5, 5.41) is 1.42. The second-order valence-corrected chi connectivity index (χ2v) is 6.09. The number of hydrogen-bond donors (Lipinski definition) is 2. The van der Waals surface area contributed by atoms with Gasteiger partial charge in [-0.1, -0.05) is 24.3 Å². The molecule has 0 saturated heterocycles. The van der Waals surface area contributed by atoms with E-state index in [0.717, 1.165) is 5.39 Å². The van der Waals surface area contributed by atoms with Crippen LogP contribution in [-0.4, -0.2) is 28.6 Å². The molecule has 5 nitrogen and oxygen atoms in total. The minimum atomic E-state index is -3.55. The lowest BCUT2D eigenvalue weighted by Gasteiger charge is -2.11. The molecule has 2 aromatic rings. The van der Waals surface area contributed by atoms with Crippen molar-refractivity contribution in [3.05, 3.63) is 36.4 Å². The first kappa shape index (κ1) is 14.8. The summed E-state index contributed by atoms with van der Waals surface area (Å²) >= 11 is 0. The molecular weight excluding hydrogens is 276 g/mol. The number of fused-ring (bicyclic) bond motifs is 1. The third-order valence-corrected chi connectivity index (χ3v) is 4.55. The fourth-order valence-corrected chi connectivity index (χ4v) is 3.33. The molecule has 0 aliphatic heterocycles. The molecule has 0 atom stereocenters. The first-order chi connectivity index (χ1) is 9.60. The zero-order chi connectivity index (χ0) is 14.6. The van der Waals surface area contributed by atoms with Crippen LogP contribution < -0.4 is 15.2 Å². The maximum atomic E-state index is 12.3. The van der Waals surface area contributed by atoms with Gasteiger partial charge in [-0.15, -0.1) is 0 Å². The second kappa shape index (κ2) is 6.21. The van der Waals surface area contributed by atoms with Crippen LogP contribution in [0.25, 0.3) is 10.8 Å². The van der Waals surface area contributed by atoms with Crippen LogP contribution in [0.4, 0.5) is 0 Å². The molecule has 0 bridgehead atoms. The highest BCUT2D eigenvalue weighted by Crippen LogP contribution is 2.30. The first-order valence-electron chi connectivity index (χ1n) is 6.35. The SMILES string of the molecule is COc1ccc(S(=O)(=O)NCCCN)c2ccccc12. The van der Waals surface area contributed by atoms with Gasteiger partial charge in [-0.2, -0.15) is 0 Å². The van der Waals surface area contributed by atoms with Gasteiger partial charge in [-0.3, -0.25) is 0 Å². The molecule has 0 aliphatic rings. The Morgan fingerprint density at radius 3 is 2.50 bits per heavy atom. The molecule has 0 amide bonds. The average Bonchev–Trinajstić information content (AvgIpc) is 2.46. The van der Waals surface area contributed by atoms with Crippen LogP contribution in [0.3, 0.4) is 0 Å². The molecule has 20 heavy (non-hydrogen) atoms. The van der Waals surface area contributed by atoms with Gasteiger partial charge in [0.2, 0.25) is 10.0 Å². The van der Waals surface area contributed by atoms with Crippen LogP contribution >= 0.6 is 0 Å². The van der Waals surface area contributed by atoms with Gasteiger partial charge >= 0.3 is 0 Å². The van der Waals surface area contributed by atoms with Gasteiger partial charge in [0.1, 0.15) is 5.75 Å². The van der Waals surface area contributed by atoms with Crippen LogP contribution in [0.5, 0.6) is 5.75 Å². The maximum Gasteiger partial charge on any atom is 0.241 e. The number of ether oxygens (including phenoxy) is 1. The Kier molecular flexibility index (Phi) is 4.59. The number of nitrogens with one attached hydrogen (secondary N) is 1. The van der Waals surface area contributed by atoms with Crippen molar-refractivity contribution in [2.24, 2.45) is 5.73 Å². The van der Waals surface area contributed by atoms with E-state index >= 15 is 0 Å². The van der Waals surface area contributed by atoms with Crippen LogP contribution in [0.15, 0.2) is 41.3 Å². The molecule has 3 N–H and O–H groups in total. The highest BCUT2D eigenvalue weighted by molar-refractivity contribution is 7.89. The number of rotatable bonds is 6. The van der Waals surface area contributed by atoms with Crippen molar-refractivity contribution in [3.8, 4) is 5.75 Å². The Balaban J connectivity index is 2.50. The molecule has 0 saturated carbocycles. The zero-order valence-electron chi connectivity index (χ0n) is 11.3. The monoisotopic (exact) mass is 294 g/mol. The van der Waals surface area contributed by atoms with Crippen LogP contribution in [0.1, 0.15) is 6.42 Å². The predicted molar refractivity (Wildman–Crippen MR) is 79.4 cm³/mol. The fourth-order valence-electron chi connectivity index (χ4n) is 2.04. The summed E-state index contributed by atoms with van der Waals surface area (Å²) in [6.07, 6.45) is 0.604. The van der Waals surface area contributed by atoms with Crippen molar-refractivity contribution >= 4 is 20.8 Å². The highest BCUT2D eigenvalue weighted by atomic mass is 32.2. The molecule has 2 aromatic carbocycles. The second-order valence-electron chi connectivity index (χ2n) is 4.35. The Labute approximate surface area is 118 Å². The molecule has 0 spiro atoms. The molecule has 6 heteroatoms. The van der Waals surface area contributed by atoms with E-state index in [4.69, 9.17) is 10.5 Å². The summed E-state index contributed by atoms with van der Waals surface area (Å²) in [6, 6.07) is 10.5. The van der Waals surface area contributed by atoms with Gasteiger partial charge in [0, 0.05) is 17.3 Å². The van der Waals surface area contributed by atoms with E-state index in [-0.39, 0.29) is 4.90 Å². The van der Waals surface area contributed by atoms with Crippen molar-refractivity contribution in [1.82, 2.24) is 4.72 Å². The van der Waals surface area contributed by atoms with E-state index in [9.17, 15) is 8.42 Å². The van der Waals surface area contributed by atoms with E-state index in [1.807, 2.05) is 12.1 Å². The smallest absolute Gasteiger partial charge is 0.241 e. The number of benzene rings is 2. The van der Waals surface area contributed by atoms with Gasteiger partial charge in [0.25, 0.3) is 0 Å². The molecule has 2 rings (SSSR count). The summed E-state index contributed by atoms with van der Waals surface area (Å²) in [5.41, 5.74) is 5.37. The van der Waals surface area contributed by atoms with Crippen LogP contribution in [-0.2, 0) is 10.0 Å². The number of nitrogens with two attached hydrogens (primary N) is 1. The molecule has 0 heterocycles. The average molecular weight is 294 g/mol. The van der Waals surface area contributed by atoms with E-state index < -0.39 is 10.0 Å². The summed E-state index contributed by atoms with van der Waals surface area (Å²) in [5.74, 6) is 0.654. The Morgan fingerprint density at radius 1 is 1.15 bits per heavy atom. The molecule has 0 unspecified atom stereocenters. The lowest BCUT2D eigenvalue weighted by atomic mass is 10.1. The maximum absolute atomic E-state index is 12.3. The third-order valence-electron chi connectivity index (χ3n) is 3.03. The molecule has 0 aromatic heterocycles. The van der Waals surface area contributed by atoms with Gasteiger partial charge < -0.3 is 10.5 Å². The molecule has 108 valence electrons. The van der Waals surface area contributed by atoms with Crippen molar-refractivity contribution in [3.63, 3.8) is 0 Å². The molecule has 0 aliphatic carbocycles. The number of sulfonamides is 1. The Morgan fingerprint density at radius 2 is 1.85 bits per heavy atom. The minimum Gasteiger partial charge on any atom is -0.496 e. The third kappa shape index (κ3) is 2.92. The molecular formula is C14H18N2O3S. The van der Waals surface area contributed by atoms with E-state index in [1.165, 1.54) is 0 Å². The van der Waals surface area contributed by atoms with Crippen molar-refractivity contribution in [2.75, 3.05) is 20.2 Å². The van der Waals surface area contributed by atoms with Gasteiger partial charge in [-0.25, -0.2) is 13.1 Å². The Hall–Kier alpha value is -1.63. The fraction of sp³-hybridized carbons (Fsp3) is 0.286. The van der Waals surface area contributed by atoms with Gasteiger partial charge in [-0.05, 0) is 25.1 Å². The van der Waals surface area contributed by atoms with E-state index in [1.54, 1.807) is 31.4 Å². The van der Waals surface area contributed by atoms with Crippen molar-refractivity contribution < 1.29 is 13.2 Å². The van der Waals surface area contributed by atoms with Crippen LogP contribution in [0, 0.1) is 0 Å². The first-order valence-corrected chi connectivity index (χ1v) is 7.84. The van der Waals surface area contributed by atoms with E-state index in [2.05, 4.69) is 4.72 Å². The van der Waals surface area contributed by atoms with Gasteiger partial charge in [0.15, 0.2) is 0 Å². The lowest BCUT2D eigenvalue weighted by Crippen LogP contribution is -2.26. The van der Waals surface area contributed by atoms with Crippen molar-refractivity contribution in [1.29, 1.82) is 0 Å². The topological polar surface area (TPSA) is 81.4 Å². The molecule has 0 fully saturated rings. The number of hydrogen-bond acceptors (Lipinski definition) is 4. The van der Waals surface area contributed by atoms with E-state index in [0.29, 0.717) is 30.6 Å². The number of methoxy groups -OCH3 is 1. The predicted octanol–water partition coefficient (Wildman–Crippen LogP) is 1.48. The quantitative estimate of drug-likeness (QED) is 0.791. The summed E-state index contributed by atoms with van der Waals surface area (Å²) in [7, 11) is -1.98. The van der Waals surface area contributed by atoms with Gasteiger partial charge in [0.05, 0.1) is 12.0 Å². The normalized spacial score (nSPS) is 11.7. The summed E-state index contributed by atoms with van der Waals surface area (Å²) < 4.78 is 32.5. The lowest BCUT2D eigenvalue weighted by molar-refractivity contribution is 0.419. The van der Waals surface area contributed by atoms with Crippen molar-refractivity contribution in [2.45, 2.75) is 11.3 Å². The molecule has 0 radical (unpaired) electrons. The van der Waals surface area contributed by atoms with Crippen LogP contribution in [0.2, 0.25) is 0 Å².